The Labute approximate surface area is 98.8 Å². The smallest absolute Gasteiger partial charge is 0.0545 e. The van der Waals surface area contributed by atoms with Crippen molar-refractivity contribution in [1.29, 1.82) is 0 Å². The number of terminal acetylenes is 1. The highest BCUT2D eigenvalue weighted by Crippen LogP contribution is 2.34. The molecule has 1 N–H and O–H groups in total. The van der Waals surface area contributed by atoms with E-state index in [4.69, 9.17) is 6.42 Å². The molecule has 1 aliphatic rings. The molecule has 0 heterocycles. The second-order valence-corrected chi connectivity index (χ2v) is 6.27. The van der Waals surface area contributed by atoms with E-state index in [9.17, 15) is 0 Å². The Hall–Kier alpha value is -0.130. The summed E-state index contributed by atoms with van der Waals surface area (Å²) in [5, 5.41) is 3.65. The van der Waals surface area contributed by atoms with Crippen LogP contribution in [0.1, 0.15) is 39.5 Å². The number of nitrogens with one attached hydrogen (secondary N) is 1. The van der Waals surface area contributed by atoms with E-state index in [0.717, 1.165) is 24.1 Å². The molecule has 1 fully saturated rings. The van der Waals surface area contributed by atoms with Crippen LogP contribution in [0.15, 0.2) is 0 Å². The first-order valence-electron chi connectivity index (χ1n) is 5.89. The molecule has 0 amide bonds. The third-order valence-electron chi connectivity index (χ3n) is 3.07. The molecule has 0 bridgehead atoms. The van der Waals surface area contributed by atoms with E-state index < -0.39 is 0 Å². The quantitative estimate of drug-likeness (QED) is 0.570. The van der Waals surface area contributed by atoms with Crippen molar-refractivity contribution in [2.45, 2.75) is 45.6 Å². The predicted molar refractivity (Wildman–Crippen MR) is 70.2 cm³/mol. The lowest BCUT2D eigenvalue weighted by Crippen LogP contribution is -2.38. The maximum Gasteiger partial charge on any atom is 0.0545 e. The van der Waals surface area contributed by atoms with E-state index in [-0.39, 0.29) is 0 Å². The first-order chi connectivity index (χ1) is 7.14. The average molecular weight is 225 g/mol. The fourth-order valence-electron chi connectivity index (χ4n) is 2.34. The van der Waals surface area contributed by atoms with Gasteiger partial charge in [-0.3, -0.25) is 0 Å². The summed E-state index contributed by atoms with van der Waals surface area (Å²) in [5.74, 6) is 4.64. The third-order valence-corrected chi connectivity index (χ3v) is 3.93. The van der Waals surface area contributed by atoms with Crippen LogP contribution in [0.5, 0.6) is 0 Å². The van der Waals surface area contributed by atoms with Gasteiger partial charge in [0.25, 0.3) is 0 Å². The van der Waals surface area contributed by atoms with Gasteiger partial charge in [0.05, 0.1) is 5.75 Å². The summed E-state index contributed by atoms with van der Waals surface area (Å²) in [5.41, 5.74) is 0.544. The molecule has 1 saturated carbocycles. The standard InChI is InChI=1S/C13H23NS/c1-4-9-15-10-8-14-12-6-5-7-13(2,3)11-12/h1,12,14H,5-11H2,2-3H3. The third kappa shape index (κ3) is 5.49. The largest absolute Gasteiger partial charge is 0.313 e. The molecule has 0 aromatic rings. The van der Waals surface area contributed by atoms with Crippen molar-refractivity contribution in [2.24, 2.45) is 5.41 Å². The molecule has 86 valence electrons. The van der Waals surface area contributed by atoms with Crippen molar-refractivity contribution < 1.29 is 0 Å². The summed E-state index contributed by atoms with van der Waals surface area (Å²) < 4.78 is 0. The number of thioether (sulfide) groups is 1. The fraction of sp³-hybridized carbons (Fsp3) is 0.846. The van der Waals surface area contributed by atoms with Gasteiger partial charge in [-0.25, -0.2) is 0 Å². The molecule has 1 atom stereocenters. The van der Waals surface area contributed by atoms with Crippen LogP contribution in [0.25, 0.3) is 0 Å². The lowest BCUT2D eigenvalue weighted by atomic mass is 9.75. The van der Waals surface area contributed by atoms with Crippen LogP contribution in [0.2, 0.25) is 0 Å². The summed E-state index contributed by atoms with van der Waals surface area (Å²) >= 11 is 1.84. The summed E-state index contributed by atoms with van der Waals surface area (Å²) in [6.07, 6.45) is 10.6. The van der Waals surface area contributed by atoms with Gasteiger partial charge in [-0.2, -0.15) is 0 Å². The maximum absolute atomic E-state index is 5.20. The van der Waals surface area contributed by atoms with Crippen molar-refractivity contribution in [3.8, 4) is 12.3 Å². The monoisotopic (exact) mass is 225 g/mol. The minimum absolute atomic E-state index is 0.544. The van der Waals surface area contributed by atoms with E-state index in [1.807, 2.05) is 11.8 Å². The zero-order chi connectivity index (χ0) is 11.1. The molecule has 1 nitrogen and oxygen atoms in total. The van der Waals surface area contributed by atoms with E-state index in [0.29, 0.717) is 5.41 Å². The lowest BCUT2D eigenvalue weighted by Gasteiger charge is -2.35. The van der Waals surface area contributed by atoms with Gasteiger partial charge in [-0.1, -0.05) is 26.2 Å². The summed E-state index contributed by atoms with van der Waals surface area (Å²) in [7, 11) is 0. The molecular weight excluding hydrogens is 202 g/mol. The van der Waals surface area contributed by atoms with Crippen LogP contribution in [-0.4, -0.2) is 24.1 Å². The zero-order valence-corrected chi connectivity index (χ0v) is 10.8. The Balaban J connectivity index is 2.08. The van der Waals surface area contributed by atoms with Crippen LogP contribution in [0.3, 0.4) is 0 Å². The highest BCUT2D eigenvalue weighted by Gasteiger charge is 2.27. The first-order valence-corrected chi connectivity index (χ1v) is 7.04. The van der Waals surface area contributed by atoms with Gasteiger partial charge in [0.1, 0.15) is 0 Å². The Bertz CT molecular complexity index is 217. The van der Waals surface area contributed by atoms with E-state index in [2.05, 4.69) is 25.1 Å². The molecule has 2 heteroatoms. The van der Waals surface area contributed by atoms with Gasteiger partial charge < -0.3 is 5.32 Å². The van der Waals surface area contributed by atoms with Gasteiger partial charge in [0.2, 0.25) is 0 Å². The first kappa shape index (κ1) is 12.9. The molecule has 1 aliphatic carbocycles. The van der Waals surface area contributed by atoms with Gasteiger partial charge in [0.15, 0.2) is 0 Å². The zero-order valence-electron chi connectivity index (χ0n) is 10.0. The summed E-state index contributed by atoms with van der Waals surface area (Å²) in [6, 6.07) is 0.736. The van der Waals surface area contributed by atoms with Crippen LogP contribution in [0.4, 0.5) is 0 Å². The molecule has 0 aromatic carbocycles. The van der Waals surface area contributed by atoms with Crippen molar-refractivity contribution in [1.82, 2.24) is 5.32 Å². The molecule has 0 spiro atoms. The Morgan fingerprint density at radius 2 is 2.33 bits per heavy atom. The molecule has 0 aliphatic heterocycles. The van der Waals surface area contributed by atoms with Gasteiger partial charge >= 0.3 is 0 Å². The van der Waals surface area contributed by atoms with Crippen LogP contribution in [-0.2, 0) is 0 Å². The van der Waals surface area contributed by atoms with E-state index in [1.165, 1.54) is 25.7 Å². The van der Waals surface area contributed by atoms with Crippen molar-refractivity contribution >= 4 is 11.8 Å². The van der Waals surface area contributed by atoms with Crippen molar-refractivity contribution in [3.05, 3.63) is 0 Å². The minimum Gasteiger partial charge on any atom is -0.313 e. The molecule has 1 rings (SSSR count). The van der Waals surface area contributed by atoms with Crippen LogP contribution in [0, 0.1) is 17.8 Å². The minimum atomic E-state index is 0.544. The number of rotatable bonds is 5. The SMILES string of the molecule is C#CCSCCNC1CCCC(C)(C)C1. The summed E-state index contributed by atoms with van der Waals surface area (Å²) in [6.45, 7) is 5.87. The molecule has 0 saturated heterocycles. The summed E-state index contributed by atoms with van der Waals surface area (Å²) in [4.78, 5) is 0. The normalized spacial score (nSPS) is 24.7. The van der Waals surface area contributed by atoms with Crippen LogP contribution < -0.4 is 5.32 Å². The van der Waals surface area contributed by atoms with Crippen molar-refractivity contribution in [3.63, 3.8) is 0 Å². The Kier molecular flexibility index (Phi) is 5.56. The maximum atomic E-state index is 5.20. The molecule has 15 heavy (non-hydrogen) atoms. The molecular formula is C13H23NS. The van der Waals surface area contributed by atoms with Crippen LogP contribution >= 0.6 is 11.8 Å². The highest BCUT2D eigenvalue weighted by molar-refractivity contribution is 7.99. The van der Waals surface area contributed by atoms with E-state index >= 15 is 0 Å². The lowest BCUT2D eigenvalue weighted by molar-refractivity contribution is 0.200. The molecule has 0 aromatic heterocycles. The van der Waals surface area contributed by atoms with Gasteiger partial charge in [-0.05, 0) is 24.7 Å². The fourth-order valence-corrected chi connectivity index (χ4v) is 2.86. The Morgan fingerprint density at radius 3 is 3.00 bits per heavy atom. The predicted octanol–water partition coefficient (Wildman–Crippen LogP) is 2.91. The second kappa shape index (κ2) is 6.45. The average Bonchev–Trinajstić information content (AvgIpc) is 2.16. The second-order valence-electron chi connectivity index (χ2n) is 5.17. The number of hydrogen-bond donors (Lipinski definition) is 1. The Morgan fingerprint density at radius 1 is 1.53 bits per heavy atom. The highest BCUT2D eigenvalue weighted by atomic mass is 32.2. The topological polar surface area (TPSA) is 12.0 Å². The molecule has 0 radical (unpaired) electrons. The molecule has 1 unspecified atom stereocenters. The van der Waals surface area contributed by atoms with Gasteiger partial charge in [-0.15, -0.1) is 18.2 Å². The van der Waals surface area contributed by atoms with Crippen molar-refractivity contribution in [2.75, 3.05) is 18.1 Å². The van der Waals surface area contributed by atoms with E-state index in [1.54, 1.807) is 0 Å². The number of hydrogen-bond acceptors (Lipinski definition) is 2. The van der Waals surface area contributed by atoms with Gasteiger partial charge in [0, 0.05) is 18.3 Å².